The molecular formula is C22H23N3O7S. The molecule has 1 aromatic carbocycles. The minimum atomic E-state index is -3.38. The van der Waals surface area contributed by atoms with E-state index in [4.69, 9.17) is 9.15 Å². The highest BCUT2D eigenvalue weighted by atomic mass is 32.2. The van der Waals surface area contributed by atoms with E-state index in [1.54, 1.807) is 18.2 Å². The van der Waals surface area contributed by atoms with Crippen LogP contribution in [-0.4, -0.2) is 61.8 Å². The van der Waals surface area contributed by atoms with Crippen LogP contribution in [0.4, 0.5) is 0 Å². The molecule has 0 aliphatic carbocycles. The fourth-order valence-corrected chi connectivity index (χ4v) is 5.59. The molecular weight excluding hydrogens is 450 g/mol. The van der Waals surface area contributed by atoms with E-state index >= 15 is 0 Å². The Balaban J connectivity index is 1.49. The van der Waals surface area contributed by atoms with Crippen molar-refractivity contribution in [2.24, 2.45) is 0 Å². The standard InChI is InChI=1S/C22H23N3O7S/c1-31-15-4-3-13-10-24(20(27)16(13)8-15)12-22(9-19(26)23-21(22)28)18-7-14-11-25(33(2,29)30)6-5-17(14)32-18/h3-4,7-8H,5-6,9-12H2,1-2H3,(H,23,26,28)/t22-/m1/s1. The number of hydrogen-bond acceptors (Lipinski definition) is 7. The molecule has 1 N–H and O–H groups in total. The molecule has 174 valence electrons. The molecule has 3 amide bonds. The molecule has 3 aliphatic heterocycles. The summed E-state index contributed by atoms with van der Waals surface area (Å²) in [6, 6.07) is 6.90. The molecule has 3 aliphatic rings. The Kier molecular flexibility index (Phi) is 4.87. The number of furan rings is 1. The third-order valence-electron chi connectivity index (χ3n) is 6.58. The van der Waals surface area contributed by atoms with Gasteiger partial charge in [-0.25, -0.2) is 8.42 Å². The Labute approximate surface area is 190 Å². The second-order valence-electron chi connectivity index (χ2n) is 8.73. The summed E-state index contributed by atoms with van der Waals surface area (Å²) in [4.78, 5) is 39.9. The molecule has 11 heteroatoms. The Morgan fingerprint density at radius 2 is 1.94 bits per heavy atom. The van der Waals surface area contributed by atoms with Gasteiger partial charge in [0.25, 0.3) is 5.91 Å². The second kappa shape index (κ2) is 7.42. The van der Waals surface area contributed by atoms with Crippen molar-refractivity contribution >= 4 is 27.7 Å². The second-order valence-corrected chi connectivity index (χ2v) is 10.7. The van der Waals surface area contributed by atoms with Crippen molar-refractivity contribution in [2.45, 2.75) is 31.3 Å². The zero-order chi connectivity index (χ0) is 23.5. The minimum absolute atomic E-state index is 0.0391. The van der Waals surface area contributed by atoms with Crippen LogP contribution in [0, 0.1) is 0 Å². The topological polar surface area (TPSA) is 126 Å². The van der Waals surface area contributed by atoms with Crippen molar-refractivity contribution in [1.29, 1.82) is 0 Å². The van der Waals surface area contributed by atoms with E-state index in [9.17, 15) is 22.8 Å². The number of imide groups is 1. The Morgan fingerprint density at radius 3 is 2.61 bits per heavy atom. The van der Waals surface area contributed by atoms with Gasteiger partial charge in [-0.05, 0) is 23.8 Å². The molecule has 0 spiro atoms. The van der Waals surface area contributed by atoms with Crippen LogP contribution in [0.3, 0.4) is 0 Å². The highest BCUT2D eigenvalue weighted by Gasteiger charge is 2.53. The van der Waals surface area contributed by atoms with Gasteiger partial charge < -0.3 is 14.1 Å². The van der Waals surface area contributed by atoms with E-state index in [1.165, 1.54) is 16.3 Å². The molecule has 0 saturated carbocycles. The van der Waals surface area contributed by atoms with Gasteiger partial charge in [0.2, 0.25) is 21.8 Å². The van der Waals surface area contributed by atoms with Crippen molar-refractivity contribution < 1.29 is 32.0 Å². The fraction of sp³-hybridized carbons (Fsp3) is 0.409. The van der Waals surface area contributed by atoms with Gasteiger partial charge in [0.05, 0.1) is 19.8 Å². The zero-order valence-corrected chi connectivity index (χ0v) is 19.0. The van der Waals surface area contributed by atoms with Gasteiger partial charge in [-0.1, -0.05) is 6.07 Å². The summed E-state index contributed by atoms with van der Waals surface area (Å²) in [7, 11) is -1.86. The van der Waals surface area contributed by atoms with Gasteiger partial charge in [0.1, 0.15) is 22.7 Å². The normalized spacial score (nSPS) is 23.0. The lowest BCUT2D eigenvalue weighted by Gasteiger charge is -2.28. The summed E-state index contributed by atoms with van der Waals surface area (Å²) >= 11 is 0. The summed E-state index contributed by atoms with van der Waals surface area (Å²) in [6.45, 7) is 0.669. The number of rotatable bonds is 5. The predicted octanol–water partition coefficient (Wildman–Crippen LogP) is 0.546. The summed E-state index contributed by atoms with van der Waals surface area (Å²) in [5.41, 5.74) is 0.584. The third kappa shape index (κ3) is 3.51. The van der Waals surface area contributed by atoms with Crippen molar-refractivity contribution in [3.8, 4) is 5.75 Å². The van der Waals surface area contributed by atoms with Gasteiger partial charge in [-0.15, -0.1) is 0 Å². The lowest BCUT2D eigenvalue weighted by molar-refractivity contribution is -0.127. The largest absolute Gasteiger partial charge is 0.497 e. The van der Waals surface area contributed by atoms with Crippen LogP contribution in [0.1, 0.15) is 39.4 Å². The van der Waals surface area contributed by atoms with Crippen LogP contribution in [0.25, 0.3) is 0 Å². The van der Waals surface area contributed by atoms with Crippen LogP contribution in [0.2, 0.25) is 0 Å². The number of ether oxygens (including phenoxy) is 1. The first-order valence-corrected chi connectivity index (χ1v) is 12.3. The lowest BCUT2D eigenvalue weighted by atomic mass is 9.82. The Morgan fingerprint density at radius 1 is 1.15 bits per heavy atom. The number of hydrogen-bond donors (Lipinski definition) is 1. The third-order valence-corrected chi connectivity index (χ3v) is 7.83. The van der Waals surface area contributed by atoms with E-state index in [1.807, 2.05) is 6.07 Å². The maximum Gasteiger partial charge on any atom is 0.254 e. The Hall–Kier alpha value is -3.18. The SMILES string of the molecule is COc1ccc2c(c1)C(=O)N(C[C@@]1(c3cc4c(o3)CCN(S(C)(=O)=O)C4)CC(=O)NC1=O)C2. The molecule has 10 nitrogen and oxygen atoms in total. The first-order chi connectivity index (χ1) is 15.6. The molecule has 2 aromatic rings. The van der Waals surface area contributed by atoms with E-state index in [2.05, 4.69) is 5.32 Å². The summed E-state index contributed by atoms with van der Waals surface area (Å²) in [5, 5.41) is 2.35. The van der Waals surface area contributed by atoms with Crippen molar-refractivity contribution in [3.63, 3.8) is 0 Å². The minimum Gasteiger partial charge on any atom is -0.497 e. The lowest BCUT2D eigenvalue weighted by Crippen LogP contribution is -2.46. The average Bonchev–Trinajstić information content (AvgIpc) is 3.41. The van der Waals surface area contributed by atoms with Crippen LogP contribution in [-0.2, 0) is 44.5 Å². The molecule has 0 radical (unpaired) electrons. The molecule has 4 heterocycles. The highest BCUT2D eigenvalue weighted by Crippen LogP contribution is 2.39. The predicted molar refractivity (Wildman–Crippen MR) is 115 cm³/mol. The van der Waals surface area contributed by atoms with Crippen molar-refractivity contribution in [3.05, 3.63) is 52.5 Å². The number of carbonyl (C=O) groups is 3. The van der Waals surface area contributed by atoms with E-state index in [-0.39, 0.29) is 37.7 Å². The highest BCUT2D eigenvalue weighted by molar-refractivity contribution is 7.88. The first-order valence-electron chi connectivity index (χ1n) is 10.5. The molecule has 1 aromatic heterocycles. The number of carbonyl (C=O) groups excluding carboxylic acids is 3. The number of benzene rings is 1. The molecule has 1 saturated heterocycles. The number of amides is 3. The van der Waals surface area contributed by atoms with Gasteiger partial charge >= 0.3 is 0 Å². The van der Waals surface area contributed by atoms with Crippen LogP contribution in [0.5, 0.6) is 5.75 Å². The number of sulfonamides is 1. The number of nitrogens with zero attached hydrogens (tertiary/aromatic N) is 2. The average molecular weight is 474 g/mol. The summed E-state index contributed by atoms with van der Waals surface area (Å²) < 4.78 is 36.5. The van der Waals surface area contributed by atoms with Crippen LogP contribution >= 0.6 is 0 Å². The number of fused-ring (bicyclic) bond motifs is 2. The first kappa shape index (κ1) is 21.7. The summed E-state index contributed by atoms with van der Waals surface area (Å²) in [6.07, 6.45) is 1.36. The smallest absolute Gasteiger partial charge is 0.254 e. The molecule has 1 atom stereocenters. The zero-order valence-electron chi connectivity index (χ0n) is 18.2. The quantitative estimate of drug-likeness (QED) is 0.629. The maximum absolute atomic E-state index is 13.1. The van der Waals surface area contributed by atoms with E-state index < -0.39 is 27.3 Å². The van der Waals surface area contributed by atoms with E-state index in [0.717, 1.165) is 11.8 Å². The summed E-state index contributed by atoms with van der Waals surface area (Å²) in [5.74, 6) is 0.194. The molecule has 0 unspecified atom stereocenters. The fourth-order valence-electron chi connectivity index (χ4n) is 4.80. The number of nitrogens with one attached hydrogen (secondary N) is 1. The Bertz CT molecular complexity index is 1300. The monoisotopic (exact) mass is 473 g/mol. The van der Waals surface area contributed by atoms with Gasteiger partial charge in [-0.3, -0.25) is 19.7 Å². The maximum atomic E-state index is 13.1. The number of methoxy groups -OCH3 is 1. The van der Waals surface area contributed by atoms with Crippen LogP contribution in [0.15, 0.2) is 28.7 Å². The van der Waals surface area contributed by atoms with Gasteiger partial charge in [0.15, 0.2) is 0 Å². The van der Waals surface area contributed by atoms with Gasteiger partial charge in [0, 0.05) is 43.7 Å². The molecule has 0 bridgehead atoms. The molecule has 1 fully saturated rings. The van der Waals surface area contributed by atoms with Crippen LogP contribution < -0.4 is 10.1 Å². The van der Waals surface area contributed by atoms with Gasteiger partial charge in [-0.2, -0.15) is 4.31 Å². The molecule has 33 heavy (non-hydrogen) atoms. The van der Waals surface area contributed by atoms with Crippen molar-refractivity contribution in [1.82, 2.24) is 14.5 Å². The van der Waals surface area contributed by atoms with E-state index in [0.29, 0.717) is 35.6 Å². The van der Waals surface area contributed by atoms with Crippen molar-refractivity contribution in [2.75, 3.05) is 26.5 Å². The molecule has 5 rings (SSSR count).